The molecule has 2 amide bonds. The van der Waals surface area contributed by atoms with E-state index in [1.54, 1.807) is 18.2 Å². The minimum absolute atomic E-state index is 0.00199. The summed E-state index contributed by atoms with van der Waals surface area (Å²) in [6.45, 7) is 3.75. The van der Waals surface area contributed by atoms with Crippen molar-refractivity contribution in [2.45, 2.75) is 39.5 Å². The van der Waals surface area contributed by atoms with Crippen LogP contribution in [0.2, 0.25) is 0 Å². The monoisotopic (exact) mass is 484 g/mol. The highest BCUT2D eigenvalue weighted by molar-refractivity contribution is 7.87. The molecule has 0 aliphatic carbocycles. The molecule has 0 unspecified atom stereocenters. The number of unbranched alkanes of at least 4 members (excludes halogenated alkanes) is 2. The Balaban J connectivity index is 2.06. The van der Waals surface area contributed by atoms with E-state index < -0.39 is 26.3 Å². The van der Waals surface area contributed by atoms with Crippen molar-refractivity contribution >= 4 is 37.6 Å². The van der Waals surface area contributed by atoms with Crippen LogP contribution in [0, 0.1) is 0 Å². The van der Waals surface area contributed by atoms with Gasteiger partial charge in [-0.05, 0) is 37.1 Å². The summed E-state index contributed by atoms with van der Waals surface area (Å²) in [5.41, 5.74) is 0.458. The molecular formula is C21H28N2O7S2. The van der Waals surface area contributed by atoms with Gasteiger partial charge in [0.25, 0.3) is 0 Å². The molecule has 2 aromatic carbocycles. The van der Waals surface area contributed by atoms with Crippen LogP contribution in [-0.4, -0.2) is 34.4 Å². The van der Waals surface area contributed by atoms with Crippen molar-refractivity contribution in [2.24, 2.45) is 0 Å². The lowest BCUT2D eigenvalue weighted by molar-refractivity contribution is 0.262. The van der Waals surface area contributed by atoms with E-state index in [0.717, 1.165) is 6.42 Å². The molecule has 0 spiro atoms. The maximum atomic E-state index is 12.4. The van der Waals surface area contributed by atoms with Gasteiger partial charge >= 0.3 is 26.3 Å². The SMILES string of the molecule is CCCCS(=O)(=O)Oc1cccc(NC(=O)Nc2ccccc2OS(=O)(=O)CCCC)c1. The fourth-order valence-corrected chi connectivity index (χ4v) is 4.83. The van der Waals surface area contributed by atoms with Gasteiger partial charge in [0.1, 0.15) is 5.75 Å². The van der Waals surface area contributed by atoms with Gasteiger partial charge in [-0.3, -0.25) is 0 Å². The fraction of sp³-hybridized carbons (Fsp3) is 0.381. The van der Waals surface area contributed by atoms with Crippen LogP contribution in [-0.2, 0) is 20.2 Å². The second-order valence-corrected chi connectivity index (χ2v) is 10.4. The van der Waals surface area contributed by atoms with E-state index in [4.69, 9.17) is 8.37 Å². The molecule has 0 saturated heterocycles. The first-order valence-corrected chi connectivity index (χ1v) is 13.4. The number of para-hydroxylation sites is 2. The minimum Gasteiger partial charge on any atom is -0.382 e. The molecule has 0 heterocycles. The molecule has 0 radical (unpaired) electrons. The molecule has 0 atom stereocenters. The Kier molecular flexibility index (Phi) is 9.33. The van der Waals surface area contributed by atoms with Crippen molar-refractivity contribution in [1.29, 1.82) is 0 Å². The average molecular weight is 485 g/mol. The predicted molar refractivity (Wildman–Crippen MR) is 124 cm³/mol. The highest BCUT2D eigenvalue weighted by atomic mass is 32.2. The van der Waals surface area contributed by atoms with Gasteiger partial charge in [-0.25, -0.2) is 4.79 Å². The fourth-order valence-electron chi connectivity index (χ4n) is 2.56. The van der Waals surface area contributed by atoms with Gasteiger partial charge in [-0.15, -0.1) is 0 Å². The van der Waals surface area contributed by atoms with Crippen LogP contribution in [0.5, 0.6) is 11.5 Å². The molecule has 2 N–H and O–H groups in total. The van der Waals surface area contributed by atoms with Gasteiger partial charge in [0.2, 0.25) is 0 Å². The number of benzene rings is 2. The molecule has 9 nitrogen and oxygen atoms in total. The lowest BCUT2D eigenvalue weighted by Gasteiger charge is -2.13. The molecule has 0 aliphatic heterocycles. The van der Waals surface area contributed by atoms with Gasteiger partial charge < -0.3 is 19.0 Å². The zero-order chi connectivity index (χ0) is 23.6. The van der Waals surface area contributed by atoms with Crippen LogP contribution < -0.4 is 19.0 Å². The first kappa shape index (κ1) is 25.5. The average Bonchev–Trinajstić information content (AvgIpc) is 2.72. The van der Waals surface area contributed by atoms with Crippen LogP contribution in [0.25, 0.3) is 0 Å². The molecule has 2 aromatic rings. The highest BCUT2D eigenvalue weighted by Gasteiger charge is 2.16. The third kappa shape index (κ3) is 8.75. The number of anilines is 2. The van der Waals surface area contributed by atoms with Crippen molar-refractivity contribution in [2.75, 3.05) is 22.1 Å². The zero-order valence-corrected chi connectivity index (χ0v) is 19.7. The largest absolute Gasteiger partial charge is 0.382 e. The lowest BCUT2D eigenvalue weighted by atomic mass is 10.3. The maximum Gasteiger partial charge on any atom is 0.323 e. The maximum absolute atomic E-state index is 12.4. The van der Waals surface area contributed by atoms with Gasteiger partial charge in [-0.1, -0.05) is 44.9 Å². The predicted octanol–water partition coefficient (Wildman–Crippen LogP) is 4.35. The van der Waals surface area contributed by atoms with Crippen LogP contribution in [0.1, 0.15) is 39.5 Å². The third-order valence-corrected chi connectivity index (χ3v) is 6.62. The lowest BCUT2D eigenvalue weighted by Crippen LogP contribution is -2.21. The molecule has 11 heteroatoms. The van der Waals surface area contributed by atoms with Crippen LogP contribution >= 0.6 is 0 Å². The molecule has 2 rings (SSSR count). The number of amides is 2. The first-order chi connectivity index (χ1) is 15.1. The Bertz CT molecular complexity index is 1120. The number of carbonyl (C=O) groups excluding carboxylic acids is 1. The smallest absolute Gasteiger partial charge is 0.323 e. The van der Waals surface area contributed by atoms with Crippen molar-refractivity contribution in [1.82, 2.24) is 0 Å². The van der Waals surface area contributed by atoms with E-state index in [0.29, 0.717) is 24.9 Å². The molecule has 0 aliphatic rings. The molecular weight excluding hydrogens is 456 g/mol. The summed E-state index contributed by atoms with van der Waals surface area (Å²) >= 11 is 0. The van der Waals surface area contributed by atoms with Crippen LogP contribution in [0.4, 0.5) is 16.2 Å². The van der Waals surface area contributed by atoms with E-state index in [-0.39, 0.29) is 28.7 Å². The minimum atomic E-state index is -3.79. The molecule has 176 valence electrons. The van der Waals surface area contributed by atoms with E-state index in [9.17, 15) is 21.6 Å². The number of rotatable bonds is 12. The Labute approximate surface area is 189 Å². The Morgan fingerprint density at radius 1 is 0.812 bits per heavy atom. The van der Waals surface area contributed by atoms with Gasteiger partial charge in [0.05, 0.1) is 17.2 Å². The summed E-state index contributed by atoms with van der Waals surface area (Å²) in [6.07, 6.45) is 2.37. The van der Waals surface area contributed by atoms with E-state index in [2.05, 4.69) is 10.6 Å². The van der Waals surface area contributed by atoms with Crippen molar-refractivity contribution in [3.8, 4) is 11.5 Å². The number of urea groups is 1. The summed E-state index contributed by atoms with van der Waals surface area (Å²) < 4.78 is 58.3. The Morgan fingerprint density at radius 2 is 1.44 bits per heavy atom. The summed E-state index contributed by atoms with van der Waals surface area (Å²) in [5.74, 6) is -0.153. The second-order valence-electron chi connectivity index (χ2n) is 7.00. The Morgan fingerprint density at radius 3 is 2.09 bits per heavy atom. The number of hydrogen-bond donors (Lipinski definition) is 2. The van der Waals surface area contributed by atoms with Crippen molar-refractivity contribution in [3.05, 3.63) is 48.5 Å². The second kappa shape index (κ2) is 11.7. The van der Waals surface area contributed by atoms with Gasteiger partial charge in [0.15, 0.2) is 5.75 Å². The number of carbonyl (C=O) groups is 1. The zero-order valence-electron chi connectivity index (χ0n) is 18.0. The van der Waals surface area contributed by atoms with Gasteiger partial charge in [-0.2, -0.15) is 16.8 Å². The third-order valence-electron chi connectivity index (χ3n) is 4.16. The van der Waals surface area contributed by atoms with Crippen molar-refractivity contribution in [3.63, 3.8) is 0 Å². The molecule has 0 bridgehead atoms. The standard InChI is InChI=1S/C21H28N2O7S2/c1-3-5-14-31(25,26)29-18-11-9-10-17(16-18)22-21(24)23-19-12-7-8-13-20(19)30-32(27,28)15-6-4-2/h7-13,16H,3-6,14-15H2,1-2H3,(H2,22,23,24). The normalized spacial score (nSPS) is 11.6. The van der Waals surface area contributed by atoms with E-state index >= 15 is 0 Å². The number of nitrogens with one attached hydrogen (secondary N) is 2. The van der Waals surface area contributed by atoms with E-state index in [1.165, 1.54) is 30.3 Å². The summed E-state index contributed by atoms with van der Waals surface area (Å²) in [4.78, 5) is 12.4. The number of hydrogen-bond acceptors (Lipinski definition) is 7. The highest BCUT2D eigenvalue weighted by Crippen LogP contribution is 2.26. The van der Waals surface area contributed by atoms with Crippen molar-refractivity contribution < 1.29 is 30.0 Å². The Hall–Kier alpha value is -2.79. The molecule has 0 fully saturated rings. The quantitative estimate of drug-likeness (QED) is 0.429. The van der Waals surface area contributed by atoms with E-state index in [1.807, 2.05) is 13.8 Å². The summed E-state index contributed by atoms with van der Waals surface area (Å²) in [7, 11) is -7.51. The topological polar surface area (TPSA) is 128 Å². The van der Waals surface area contributed by atoms with Crippen LogP contribution in [0.15, 0.2) is 48.5 Å². The van der Waals surface area contributed by atoms with Gasteiger partial charge in [0, 0.05) is 11.8 Å². The molecule has 32 heavy (non-hydrogen) atoms. The molecule has 0 saturated carbocycles. The van der Waals surface area contributed by atoms with Crippen LogP contribution in [0.3, 0.4) is 0 Å². The summed E-state index contributed by atoms with van der Waals surface area (Å²) in [6, 6.07) is 11.4. The summed E-state index contributed by atoms with van der Waals surface area (Å²) in [5, 5.41) is 5.09. The molecule has 0 aromatic heterocycles. The first-order valence-electron chi connectivity index (χ1n) is 10.3.